The van der Waals surface area contributed by atoms with E-state index in [9.17, 15) is 8.42 Å². The van der Waals surface area contributed by atoms with Crippen molar-refractivity contribution in [2.24, 2.45) is 0 Å². The van der Waals surface area contributed by atoms with E-state index in [4.69, 9.17) is 0 Å². The number of nitrogens with one attached hydrogen (secondary N) is 1. The topological polar surface area (TPSA) is 52.6 Å². The number of sulfonamides is 1. The predicted molar refractivity (Wildman–Crippen MR) is 84.5 cm³/mol. The Hall–Kier alpha value is -0.170. The first-order valence-electron chi connectivity index (χ1n) is 7.92. The number of unbranched alkanes of at least 4 members (excludes halogenated alkanes) is 3. The zero-order chi connectivity index (χ0) is 14.8. The Bertz CT molecular complexity index is 338. The minimum Gasteiger partial charge on any atom is -0.317 e. The number of rotatable bonds is 10. The van der Waals surface area contributed by atoms with Crippen molar-refractivity contribution in [2.75, 3.05) is 52.1 Å². The SMILES string of the molecule is CCCNCCCCCCN1CCN(S(C)(=O)=O)CC1. The van der Waals surface area contributed by atoms with Gasteiger partial charge in [-0.05, 0) is 38.9 Å². The van der Waals surface area contributed by atoms with Crippen molar-refractivity contribution < 1.29 is 8.42 Å². The van der Waals surface area contributed by atoms with E-state index < -0.39 is 10.0 Å². The van der Waals surface area contributed by atoms with Crippen LogP contribution in [0, 0.1) is 0 Å². The third-order valence-electron chi connectivity index (χ3n) is 3.80. The van der Waals surface area contributed by atoms with Crippen LogP contribution >= 0.6 is 0 Å². The summed E-state index contributed by atoms with van der Waals surface area (Å²) in [5, 5.41) is 3.42. The molecule has 0 atom stereocenters. The molecule has 0 aliphatic carbocycles. The highest BCUT2D eigenvalue weighted by atomic mass is 32.2. The average molecular weight is 305 g/mol. The number of nitrogens with zero attached hydrogens (tertiary/aromatic N) is 2. The van der Waals surface area contributed by atoms with Crippen molar-refractivity contribution in [1.29, 1.82) is 0 Å². The molecule has 1 aliphatic rings. The molecule has 120 valence electrons. The molecule has 20 heavy (non-hydrogen) atoms. The Morgan fingerprint density at radius 1 is 0.950 bits per heavy atom. The maximum atomic E-state index is 11.4. The molecule has 0 unspecified atom stereocenters. The van der Waals surface area contributed by atoms with Gasteiger partial charge in [-0.1, -0.05) is 19.8 Å². The van der Waals surface area contributed by atoms with E-state index in [-0.39, 0.29) is 0 Å². The van der Waals surface area contributed by atoms with Gasteiger partial charge in [-0.25, -0.2) is 8.42 Å². The molecule has 5 nitrogen and oxygen atoms in total. The Balaban J connectivity index is 1.97. The molecule has 1 aliphatic heterocycles. The van der Waals surface area contributed by atoms with Gasteiger partial charge >= 0.3 is 0 Å². The van der Waals surface area contributed by atoms with Crippen molar-refractivity contribution in [1.82, 2.24) is 14.5 Å². The van der Waals surface area contributed by atoms with E-state index in [0.29, 0.717) is 13.1 Å². The van der Waals surface area contributed by atoms with Gasteiger partial charge in [0.2, 0.25) is 10.0 Å². The van der Waals surface area contributed by atoms with Crippen LogP contribution in [-0.4, -0.2) is 69.7 Å². The largest absolute Gasteiger partial charge is 0.317 e. The van der Waals surface area contributed by atoms with Gasteiger partial charge in [0.1, 0.15) is 0 Å². The standard InChI is InChI=1S/C14H31N3O2S/c1-3-8-15-9-6-4-5-7-10-16-11-13-17(14-12-16)20(2,18)19/h15H,3-14H2,1-2H3. The van der Waals surface area contributed by atoms with Gasteiger partial charge in [0.25, 0.3) is 0 Å². The Morgan fingerprint density at radius 3 is 2.20 bits per heavy atom. The fourth-order valence-electron chi connectivity index (χ4n) is 2.53. The summed E-state index contributed by atoms with van der Waals surface area (Å²) in [5.74, 6) is 0. The van der Waals surface area contributed by atoms with Gasteiger partial charge in [-0.2, -0.15) is 4.31 Å². The van der Waals surface area contributed by atoms with Crippen molar-refractivity contribution in [2.45, 2.75) is 39.0 Å². The van der Waals surface area contributed by atoms with E-state index in [1.807, 2.05) is 0 Å². The van der Waals surface area contributed by atoms with Gasteiger partial charge < -0.3 is 10.2 Å². The first kappa shape index (κ1) is 17.9. The van der Waals surface area contributed by atoms with E-state index >= 15 is 0 Å². The van der Waals surface area contributed by atoms with Gasteiger partial charge in [0.05, 0.1) is 6.26 Å². The maximum Gasteiger partial charge on any atom is 0.211 e. The second-order valence-corrected chi connectivity index (χ2v) is 7.65. The van der Waals surface area contributed by atoms with Gasteiger partial charge in [-0.3, -0.25) is 0 Å². The third kappa shape index (κ3) is 7.57. The molecule has 1 N–H and O–H groups in total. The fourth-order valence-corrected chi connectivity index (χ4v) is 3.35. The Labute approximate surface area is 124 Å². The highest BCUT2D eigenvalue weighted by Crippen LogP contribution is 2.08. The predicted octanol–water partition coefficient (Wildman–Crippen LogP) is 1.12. The van der Waals surface area contributed by atoms with E-state index in [1.165, 1.54) is 38.4 Å². The molecule has 1 heterocycles. The lowest BCUT2D eigenvalue weighted by Gasteiger charge is -2.33. The van der Waals surface area contributed by atoms with Crippen molar-refractivity contribution in [3.63, 3.8) is 0 Å². The molecule has 1 saturated heterocycles. The van der Waals surface area contributed by atoms with Crippen LogP contribution in [-0.2, 0) is 10.0 Å². The second kappa shape index (κ2) is 9.71. The third-order valence-corrected chi connectivity index (χ3v) is 5.11. The molecule has 0 amide bonds. The molecule has 0 bridgehead atoms. The summed E-state index contributed by atoms with van der Waals surface area (Å²) in [6.45, 7) is 8.64. The molecular formula is C14H31N3O2S. The minimum absolute atomic E-state index is 0.653. The van der Waals surface area contributed by atoms with Gasteiger partial charge in [0, 0.05) is 26.2 Å². The van der Waals surface area contributed by atoms with Crippen molar-refractivity contribution in [3.05, 3.63) is 0 Å². The molecule has 0 radical (unpaired) electrons. The van der Waals surface area contributed by atoms with Crippen LogP contribution in [0.2, 0.25) is 0 Å². The quantitative estimate of drug-likeness (QED) is 0.615. The maximum absolute atomic E-state index is 11.4. The van der Waals surface area contributed by atoms with Crippen molar-refractivity contribution in [3.8, 4) is 0 Å². The number of piperazine rings is 1. The normalized spacial score (nSPS) is 18.5. The molecule has 1 rings (SSSR count). The summed E-state index contributed by atoms with van der Waals surface area (Å²) in [4.78, 5) is 2.39. The van der Waals surface area contributed by atoms with Crippen LogP contribution in [0.25, 0.3) is 0 Å². The summed E-state index contributed by atoms with van der Waals surface area (Å²) in [7, 11) is -2.99. The zero-order valence-electron chi connectivity index (χ0n) is 13.1. The summed E-state index contributed by atoms with van der Waals surface area (Å²) in [6, 6.07) is 0. The lowest BCUT2D eigenvalue weighted by Crippen LogP contribution is -2.48. The van der Waals surface area contributed by atoms with Gasteiger partial charge in [-0.15, -0.1) is 0 Å². The first-order valence-corrected chi connectivity index (χ1v) is 9.77. The zero-order valence-corrected chi connectivity index (χ0v) is 13.9. The van der Waals surface area contributed by atoms with Crippen molar-refractivity contribution >= 4 is 10.0 Å². The molecular weight excluding hydrogens is 274 g/mol. The van der Waals surface area contributed by atoms with Crippen LogP contribution in [0.4, 0.5) is 0 Å². The lowest BCUT2D eigenvalue weighted by atomic mass is 10.2. The van der Waals surface area contributed by atoms with Crippen LogP contribution in [0.3, 0.4) is 0 Å². The molecule has 0 spiro atoms. The summed E-state index contributed by atoms with van der Waals surface area (Å²) < 4.78 is 24.4. The van der Waals surface area contributed by atoms with Crippen LogP contribution in [0.5, 0.6) is 0 Å². The summed E-state index contributed by atoms with van der Waals surface area (Å²) >= 11 is 0. The highest BCUT2D eigenvalue weighted by Gasteiger charge is 2.22. The molecule has 0 aromatic carbocycles. The smallest absolute Gasteiger partial charge is 0.211 e. The minimum atomic E-state index is -2.99. The molecule has 0 aromatic rings. The van der Waals surface area contributed by atoms with E-state index in [0.717, 1.165) is 32.7 Å². The van der Waals surface area contributed by atoms with E-state index in [1.54, 1.807) is 4.31 Å². The molecule has 1 fully saturated rings. The Morgan fingerprint density at radius 2 is 1.60 bits per heavy atom. The summed E-state index contributed by atoms with van der Waals surface area (Å²) in [6.07, 6.45) is 7.57. The van der Waals surface area contributed by atoms with Crippen LogP contribution < -0.4 is 5.32 Å². The second-order valence-electron chi connectivity index (χ2n) is 5.67. The molecule has 0 saturated carbocycles. The lowest BCUT2D eigenvalue weighted by molar-refractivity contribution is 0.186. The fraction of sp³-hybridized carbons (Fsp3) is 1.00. The first-order chi connectivity index (χ1) is 9.54. The summed E-state index contributed by atoms with van der Waals surface area (Å²) in [5.41, 5.74) is 0. The number of hydrogen-bond acceptors (Lipinski definition) is 4. The van der Waals surface area contributed by atoms with Gasteiger partial charge in [0.15, 0.2) is 0 Å². The average Bonchev–Trinajstić information content (AvgIpc) is 2.41. The molecule has 0 aromatic heterocycles. The van der Waals surface area contributed by atoms with E-state index in [2.05, 4.69) is 17.1 Å². The number of hydrogen-bond donors (Lipinski definition) is 1. The van der Waals surface area contributed by atoms with Crippen LogP contribution in [0.15, 0.2) is 0 Å². The van der Waals surface area contributed by atoms with Crippen LogP contribution in [0.1, 0.15) is 39.0 Å². The Kier molecular flexibility index (Phi) is 8.68. The monoisotopic (exact) mass is 305 g/mol. The molecule has 6 heteroatoms. The highest BCUT2D eigenvalue weighted by molar-refractivity contribution is 7.88.